The molecule has 1 unspecified atom stereocenters. The smallest absolute Gasteiger partial charge is 0.310 e. The number of rotatable bonds is 7. The Hall–Kier alpha value is -2.90. The summed E-state index contributed by atoms with van der Waals surface area (Å²) in [5, 5.41) is 2.83. The largest absolute Gasteiger partial charge is 0.466 e. The standard InChI is InChI=1S/C22H29N3O5/c1-3-30-22(29)17-7-5-11-25(13-17)19(26)14-24(2)21(28)16-6-4-8-18(12-16)23-20(27)15-9-10-15/h4,6,8,12,15,17H,3,5,7,9-11,13-14H2,1-2H3,(H,23,27). The molecular formula is C22H29N3O5. The van der Waals surface area contributed by atoms with E-state index in [0.717, 1.165) is 19.3 Å². The zero-order valence-electron chi connectivity index (χ0n) is 17.6. The van der Waals surface area contributed by atoms with E-state index in [-0.39, 0.29) is 42.1 Å². The molecule has 0 radical (unpaired) electrons. The summed E-state index contributed by atoms with van der Waals surface area (Å²) in [6.07, 6.45) is 3.25. The molecule has 1 heterocycles. The van der Waals surface area contributed by atoms with Gasteiger partial charge in [-0.2, -0.15) is 0 Å². The van der Waals surface area contributed by atoms with Crippen LogP contribution < -0.4 is 5.32 Å². The van der Waals surface area contributed by atoms with Crippen LogP contribution >= 0.6 is 0 Å². The number of carbonyl (C=O) groups excluding carboxylic acids is 4. The number of benzene rings is 1. The van der Waals surface area contributed by atoms with E-state index in [1.807, 2.05) is 0 Å². The highest BCUT2D eigenvalue weighted by molar-refractivity contribution is 5.99. The molecule has 0 spiro atoms. The summed E-state index contributed by atoms with van der Waals surface area (Å²) < 4.78 is 5.07. The van der Waals surface area contributed by atoms with Crippen LogP contribution in [-0.2, 0) is 19.1 Å². The number of likely N-dealkylation sites (N-methyl/N-ethyl adjacent to an activating group) is 1. The molecule has 1 atom stereocenters. The number of hydrogen-bond acceptors (Lipinski definition) is 5. The minimum Gasteiger partial charge on any atom is -0.466 e. The third kappa shape index (κ3) is 5.58. The van der Waals surface area contributed by atoms with E-state index in [1.165, 1.54) is 4.90 Å². The van der Waals surface area contributed by atoms with E-state index in [9.17, 15) is 19.2 Å². The predicted molar refractivity (Wildman–Crippen MR) is 111 cm³/mol. The highest BCUT2D eigenvalue weighted by atomic mass is 16.5. The lowest BCUT2D eigenvalue weighted by atomic mass is 9.98. The molecule has 3 rings (SSSR count). The number of nitrogens with one attached hydrogen (secondary N) is 1. The summed E-state index contributed by atoms with van der Waals surface area (Å²) in [5.41, 5.74) is 0.979. The van der Waals surface area contributed by atoms with Crippen LogP contribution in [0.2, 0.25) is 0 Å². The Bertz CT molecular complexity index is 821. The number of hydrogen-bond donors (Lipinski definition) is 1. The first kappa shape index (κ1) is 21.8. The number of likely N-dealkylation sites (tertiary alicyclic amines) is 1. The van der Waals surface area contributed by atoms with Crippen LogP contribution in [0.5, 0.6) is 0 Å². The molecule has 1 saturated carbocycles. The van der Waals surface area contributed by atoms with Gasteiger partial charge in [-0.05, 0) is 50.8 Å². The van der Waals surface area contributed by atoms with Gasteiger partial charge in [-0.1, -0.05) is 6.07 Å². The lowest BCUT2D eigenvalue weighted by Gasteiger charge is -2.32. The molecule has 8 nitrogen and oxygen atoms in total. The maximum absolute atomic E-state index is 12.8. The summed E-state index contributed by atoms with van der Waals surface area (Å²) in [5.74, 6) is -1.03. The number of amides is 3. The topological polar surface area (TPSA) is 96.0 Å². The Balaban J connectivity index is 1.56. The van der Waals surface area contributed by atoms with Crippen LogP contribution in [-0.4, -0.2) is 66.8 Å². The van der Waals surface area contributed by atoms with E-state index in [2.05, 4.69) is 5.32 Å². The SMILES string of the molecule is CCOC(=O)C1CCCN(C(=O)CN(C)C(=O)c2cccc(NC(=O)C3CC3)c2)C1. The summed E-state index contributed by atoms with van der Waals surface area (Å²) in [6.45, 7) is 2.89. The first-order valence-corrected chi connectivity index (χ1v) is 10.5. The number of esters is 1. The summed E-state index contributed by atoms with van der Waals surface area (Å²) in [4.78, 5) is 52.4. The number of anilines is 1. The van der Waals surface area contributed by atoms with Crippen LogP contribution in [0.25, 0.3) is 0 Å². The Morgan fingerprint density at radius 1 is 1.17 bits per heavy atom. The first-order chi connectivity index (χ1) is 14.4. The van der Waals surface area contributed by atoms with E-state index < -0.39 is 0 Å². The summed E-state index contributed by atoms with van der Waals surface area (Å²) in [6, 6.07) is 6.74. The zero-order chi connectivity index (χ0) is 21.7. The van der Waals surface area contributed by atoms with Gasteiger partial charge in [0.15, 0.2) is 0 Å². The molecular weight excluding hydrogens is 386 g/mol. The Kier molecular flexibility index (Phi) is 7.07. The average molecular weight is 415 g/mol. The second-order valence-corrected chi connectivity index (χ2v) is 7.94. The van der Waals surface area contributed by atoms with Crippen LogP contribution in [0.1, 0.15) is 43.0 Å². The zero-order valence-corrected chi connectivity index (χ0v) is 17.6. The highest BCUT2D eigenvalue weighted by Gasteiger charge is 2.31. The van der Waals surface area contributed by atoms with Crippen molar-refractivity contribution in [2.75, 3.05) is 38.6 Å². The number of piperidine rings is 1. The van der Waals surface area contributed by atoms with E-state index >= 15 is 0 Å². The fourth-order valence-corrected chi connectivity index (χ4v) is 3.57. The second-order valence-electron chi connectivity index (χ2n) is 7.94. The van der Waals surface area contributed by atoms with Gasteiger partial charge in [0.1, 0.15) is 0 Å². The molecule has 0 bridgehead atoms. The van der Waals surface area contributed by atoms with Crippen molar-refractivity contribution in [3.8, 4) is 0 Å². The molecule has 2 fully saturated rings. The van der Waals surface area contributed by atoms with Gasteiger partial charge >= 0.3 is 5.97 Å². The molecule has 162 valence electrons. The van der Waals surface area contributed by atoms with Gasteiger partial charge in [0.05, 0.1) is 19.1 Å². The molecule has 1 aromatic rings. The van der Waals surface area contributed by atoms with Gasteiger partial charge in [0, 0.05) is 37.3 Å². The lowest BCUT2D eigenvalue weighted by Crippen LogP contribution is -2.47. The van der Waals surface area contributed by atoms with Crippen molar-refractivity contribution < 1.29 is 23.9 Å². The van der Waals surface area contributed by atoms with Gasteiger partial charge in [0.2, 0.25) is 11.8 Å². The van der Waals surface area contributed by atoms with Crippen LogP contribution in [0.4, 0.5) is 5.69 Å². The Labute approximate surface area is 176 Å². The molecule has 8 heteroatoms. The first-order valence-electron chi connectivity index (χ1n) is 10.5. The van der Waals surface area contributed by atoms with Gasteiger partial charge in [0.25, 0.3) is 5.91 Å². The fraction of sp³-hybridized carbons (Fsp3) is 0.545. The minimum absolute atomic E-state index is 0.0237. The van der Waals surface area contributed by atoms with Crippen molar-refractivity contribution in [2.24, 2.45) is 11.8 Å². The molecule has 1 aliphatic heterocycles. The van der Waals surface area contributed by atoms with E-state index in [0.29, 0.717) is 37.4 Å². The maximum Gasteiger partial charge on any atom is 0.310 e. The van der Waals surface area contributed by atoms with E-state index in [4.69, 9.17) is 4.74 Å². The van der Waals surface area contributed by atoms with Gasteiger partial charge in [-0.15, -0.1) is 0 Å². The molecule has 2 aliphatic rings. The highest BCUT2D eigenvalue weighted by Crippen LogP contribution is 2.30. The summed E-state index contributed by atoms with van der Waals surface area (Å²) in [7, 11) is 1.57. The molecule has 1 aliphatic carbocycles. The molecule has 1 saturated heterocycles. The Morgan fingerprint density at radius 3 is 2.63 bits per heavy atom. The van der Waals surface area contributed by atoms with Crippen LogP contribution in [0.3, 0.4) is 0 Å². The average Bonchev–Trinajstić information content (AvgIpc) is 3.59. The van der Waals surface area contributed by atoms with Crippen molar-refractivity contribution in [1.29, 1.82) is 0 Å². The molecule has 30 heavy (non-hydrogen) atoms. The van der Waals surface area contributed by atoms with Crippen molar-refractivity contribution >= 4 is 29.4 Å². The maximum atomic E-state index is 12.8. The number of nitrogens with zero attached hydrogens (tertiary/aromatic N) is 2. The number of carbonyl (C=O) groups is 4. The fourth-order valence-electron chi connectivity index (χ4n) is 3.57. The third-order valence-electron chi connectivity index (χ3n) is 5.44. The van der Waals surface area contributed by atoms with Gasteiger partial charge in [-0.25, -0.2) is 0 Å². The van der Waals surface area contributed by atoms with Crippen molar-refractivity contribution in [3.05, 3.63) is 29.8 Å². The number of ether oxygens (including phenoxy) is 1. The lowest BCUT2D eigenvalue weighted by molar-refractivity contribution is -0.151. The van der Waals surface area contributed by atoms with Crippen LogP contribution in [0, 0.1) is 11.8 Å². The van der Waals surface area contributed by atoms with Gasteiger partial charge < -0.3 is 19.9 Å². The van der Waals surface area contributed by atoms with Gasteiger partial charge in [-0.3, -0.25) is 19.2 Å². The normalized spacial score (nSPS) is 18.5. The summed E-state index contributed by atoms with van der Waals surface area (Å²) >= 11 is 0. The third-order valence-corrected chi connectivity index (χ3v) is 5.44. The molecule has 1 N–H and O–H groups in total. The monoisotopic (exact) mass is 415 g/mol. The molecule has 0 aromatic heterocycles. The quantitative estimate of drug-likeness (QED) is 0.687. The van der Waals surface area contributed by atoms with Crippen molar-refractivity contribution in [1.82, 2.24) is 9.80 Å². The molecule has 3 amide bonds. The second kappa shape index (κ2) is 9.73. The Morgan fingerprint density at radius 2 is 1.93 bits per heavy atom. The van der Waals surface area contributed by atoms with E-state index in [1.54, 1.807) is 43.1 Å². The van der Waals surface area contributed by atoms with Crippen molar-refractivity contribution in [2.45, 2.75) is 32.6 Å². The predicted octanol–water partition coefficient (Wildman–Crippen LogP) is 1.91. The van der Waals surface area contributed by atoms with Crippen molar-refractivity contribution in [3.63, 3.8) is 0 Å². The van der Waals surface area contributed by atoms with Crippen LogP contribution in [0.15, 0.2) is 24.3 Å². The molecule has 1 aromatic carbocycles. The minimum atomic E-state index is -0.310.